The van der Waals surface area contributed by atoms with Gasteiger partial charge < -0.3 is 5.32 Å². The van der Waals surface area contributed by atoms with E-state index in [0.717, 1.165) is 27.6 Å². The topological polar surface area (TPSA) is 12.0 Å². The second kappa shape index (κ2) is 6.16. The Bertz CT molecular complexity index is 539. The van der Waals surface area contributed by atoms with Gasteiger partial charge in [-0.2, -0.15) is 12.6 Å². The Balaban J connectivity index is 2.18. The van der Waals surface area contributed by atoms with Gasteiger partial charge in [-0.1, -0.05) is 18.2 Å². The molecule has 0 aliphatic heterocycles. The van der Waals surface area contributed by atoms with Crippen molar-refractivity contribution in [3.8, 4) is 0 Å². The zero-order valence-corrected chi connectivity index (χ0v) is 13.4. The Morgan fingerprint density at radius 2 is 1.84 bits per heavy atom. The minimum atomic E-state index is -0.271. The molecule has 0 amide bonds. The van der Waals surface area contributed by atoms with Crippen LogP contribution in [-0.4, -0.2) is 4.75 Å². The number of thiol groups is 3. The third-order valence-corrected chi connectivity index (χ3v) is 3.63. The van der Waals surface area contributed by atoms with Crippen LogP contribution >= 0.6 is 37.9 Å². The van der Waals surface area contributed by atoms with E-state index in [-0.39, 0.29) is 4.75 Å². The quantitative estimate of drug-likeness (QED) is 0.579. The molecule has 0 radical (unpaired) electrons. The summed E-state index contributed by atoms with van der Waals surface area (Å²) in [6, 6.07) is 7.94. The summed E-state index contributed by atoms with van der Waals surface area (Å²) in [5.74, 6) is 0. The largest absolute Gasteiger partial charge is 0.356 e. The molecular weight excluding hydrogens is 290 g/mol. The maximum atomic E-state index is 4.60. The molecule has 0 heterocycles. The molecule has 1 atom stereocenters. The van der Waals surface area contributed by atoms with Crippen LogP contribution in [0.3, 0.4) is 0 Å². The number of benzene rings is 1. The molecule has 1 aliphatic carbocycles. The van der Waals surface area contributed by atoms with Gasteiger partial charge in [-0.05, 0) is 48.6 Å². The zero-order valence-electron chi connectivity index (χ0n) is 10.7. The lowest BCUT2D eigenvalue weighted by Gasteiger charge is -2.18. The molecule has 0 spiro atoms. The molecule has 1 aliphatic rings. The average Bonchev–Trinajstić information content (AvgIpc) is 2.33. The van der Waals surface area contributed by atoms with E-state index in [1.165, 1.54) is 0 Å². The molecule has 1 nitrogen and oxygen atoms in total. The Morgan fingerprint density at radius 1 is 1.16 bits per heavy atom. The molecular formula is C15H17NS3. The van der Waals surface area contributed by atoms with Crippen LogP contribution < -0.4 is 5.32 Å². The van der Waals surface area contributed by atoms with Crippen molar-refractivity contribution in [1.29, 1.82) is 0 Å². The van der Waals surface area contributed by atoms with Crippen molar-refractivity contribution in [1.82, 2.24) is 0 Å². The van der Waals surface area contributed by atoms with E-state index in [1.54, 1.807) is 0 Å². The van der Waals surface area contributed by atoms with Gasteiger partial charge >= 0.3 is 0 Å². The first-order valence-corrected chi connectivity index (χ1v) is 7.37. The first kappa shape index (κ1) is 14.7. The minimum absolute atomic E-state index is 0.271. The van der Waals surface area contributed by atoms with E-state index in [4.69, 9.17) is 0 Å². The minimum Gasteiger partial charge on any atom is -0.356 e. The van der Waals surface area contributed by atoms with Crippen molar-refractivity contribution in [2.24, 2.45) is 0 Å². The summed E-state index contributed by atoms with van der Waals surface area (Å²) in [6.07, 6.45) is 9.08. The van der Waals surface area contributed by atoms with E-state index in [1.807, 2.05) is 31.2 Å². The molecule has 0 bridgehead atoms. The summed E-state index contributed by atoms with van der Waals surface area (Å²) < 4.78 is -0.271. The molecule has 1 N–H and O–H groups in total. The predicted molar refractivity (Wildman–Crippen MR) is 93.6 cm³/mol. The third-order valence-electron chi connectivity index (χ3n) is 2.75. The van der Waals surface area contributed by atoms with Crippen LogP contribution in [0, 0.1) is 0 Å². The lowest BCUT2D eigenvalue weighted by Crippen LogP contribution is -2.11. The molecule has 2 rings (SSSR count). The van der Waals surface area contributed by atoms with Crippen molar-refractivity contribution in [2.45, 2.75) is 23.0 Å². The monoisotopic (exact) mass is 307 g/mol. The van der Waals surface area contributed by atoms with E-state index in [2.05, 4.69) is 67.5 Å². The van der Waals surface area contributed by atoms with Gasteiger partial charge in [-0.15, -0.1) is 25.3 Å². The van der Waals surface area contributed by atoms with Crippen molar-refractivity contribution >= 4 is 43.6 Å². The van der Waals surface area contributed by atoms with Gasteiger partial charge in [-0.25, -0.2) is 0 Å². The van der Waals surface area contributed by atoms with Gasteiger partial charge in [0.1, 0.15) is 0 Å². The second-order valence-electron chi connectivity index (χ2n) is 4.73. The first-order valence-electron chi connectivity index (χ1n) is 6.03. The normalized spacial score (nSPS) is 27.6. The molecule has 1 aromatic carbocycles. The standard InChI is InChI=1S/C15H17NS3/c1-15(19)9-8-12(4-7-14(18)10-15)16-11-2-5-13(17)6-3-11/h2-6,8-10,16-19H,7H2,1H3/b9-8-,12-4+,14-10?. The van der Waals surface area contributed by atoms with Gasteiger partial charge in [0.15, 0.2) is 0 Å². The Morgan fingerprint density at radius 3 is 2.53 bits per heavy atom. The van der Waals surface area contributed by atoms with Gasteiger partial charge in [0.2, 0.25) is 0 Å². The molecule has 1 unspecified atom stereocenters. The predicted octanol–water partition coefficient (Wildman–Crippen LogP) is 4.73. The molecule has 0 saturated carbocycles. The molecule has 0 fully saturated rings. The highest BCUT2D eigenvalue weighted by atomic mass is 32.1. The Hall–Kier alpha value is -0.710. The van der Waals surface area contributed by atoms with Crippen LogP contribution in [0.5, 0.6) is 0 Å². The van der Waals surface area contributed by atoms with Crippen LogP contribution in [0.15, 0.2) is 64.1 Å². The highest BCUT2D eigenvalue weighted by molar-refractivity contribution is 7.84. The summed E-state index contributed by atoms with van der Waals surface area (Å²) in [6.45, 7) is 2.04. The average molecular weight is 308 g/mol. The van der Waals surface area contributed by atoms with Gasteiger partial charge in [0, 0.05) is 21.0 Å². The molecule has 19 heavy (non-hydrogen) atoms. The molecule has 100 valence electrons. The lowest BCUT2D eigenvalue weighted by atomic mass is 10.1. The molecule has 1 aromatic rings. The summed E-state index contributed by atoms with van der Waals surface area (Å²) in [5.41, 5.74) is 2.09. The molecule has 0 aromatic heterocycles. The van der Waals surface area contributed by atoms with Gasteiger partial charge in [-0.3, -0.25) is 0 Å². The molecule has 0 saturated heterocycles. The number of hydrogen-bond acceptors (Lipinski definition) is 4. The fourth-order valence-electron chi connectivity index (χ4n) is 1.79. The second-order valence-corrected chi connectivity index (χ2v) is 6.78. The highest BCUT2D eigenvalue weighted by Gasteiger charge is 2.13. The number of anilines is 1. The van der Waals surface area contributed by atoms with Gasteiger partial charge in [0.25, 0.3) is 0 Å². The summed E-state index contributed by atoms with van der Waals surface area (Å²) in [5, 5.41) is 3.38. The van der Waals surface area contributed by atoms with Crippen molar-refractivity contribution < 1.29 is 0 Å². The fraction of sp³-hybridized carbons (Fsp3) is 0.200. The number of hydrogen-bond donors (Lipinski definition) is 4. The maximum Gasteiger partial charge on any atom is 0.0474 e. The van der Waals surface area contributed by atoms with E-state index >= 15 is 0 Å². The van der Waals surface area contributed by atoms with E-state index < -0.39 is 0 Å². The Labute approximate surface area is 131 Å². The van der Waals surface area contributed by atoms with E-state index in [9.17, 15) is 0 Å². The highest BCUT2D eigenvalue weighted by Crippen LogP contribution is 2.26. The first-order chi connectivity index (χ1) is 8.94. The van der Waals surface area contributed by atoms with Crippen molar-refractivity contribution in [3.05, 3.63) is 59.2 Å². The lowest BCUT2D eigenvalue weighted by molar-refractivity contribution is 0.998. The van der Waals surface area contributed by atoms with Crippen molar-refractivity contribution in [3.63, 3.8) is 0 Å². The summed E-state index contributed by atoms with van der Waals surface area (Å²) >= 11 is 13.3. The third kappa shape index (κ3) is 4.71. The zero-order chi connectivity index (χ0) is 13.9. The maximum absolute atomic E-state index is 4.60. The summed E-state index contributed by atoms with van der Waals surface area (Å²) in [7, 11) is 0. The van der Waals surface area contributed by atoms with Crippen LogP contribution in [0.2, 0.25) is 0 Å². The van der Waals surface area contributed by atoms with Crippen LogP contribution in [0.4, 0.5) is 5.69 Å². The van der Waals surface area contributed by atoms with Gasteiger partial charge in [0.05, 0.1) is 0 Å². The van der Waals surface area contributed by atoms with Crippen LogP contribution in [0.1, 0.15) is 13.3 Å². The van der Waals surface area contributed by atoms with Crippen LogP contribution in [0.25, 0.3) is 0 Å². The smallest absolute Gasteiger partial charge is 0.0474 e. The number of allylic oxidation sites excluding steroid dienone is 3. The van der Waals surface area contributed by atoms with E-state index in [0.29, 0.717) is 0 Å². The Kier molecular flexibility index (Phi) is 4.76. The van der Waals surface area contributed by atoms with Crippen LogP contribution in [-0.2, 0) is 0 Å². The fourth-order valence-corrected chi connectivity index (χ4v) is 2.63. The summed E-state index contributed by atoms with van der Waals surface area (Å²) in [4.78, 5) is 1.98. The SMILES string of the molecule is CC1(S)C=C(S)C/C=C(Nc2ccc(S)cc2)\C=C/1. The number of nitrogens with one attached hydrogen (secondary N) is 1. The molecule has 4 heteroatoms. The number of rotatable bonds is 2. The van der Waals surface area contributed by atoms with Crippen molar-refractivity contribution in [2.75, 3.05) is 5.32 Å².